The van der Waals surface area contributed by atoms with Gasteiger partial charge in [0.15, 0.2) is 18.1 Å². The molecule has 0 saturated heterocycles. The summed E-state index contributed by atoms with van der Waals surface area (Å²) >= 11 is 2.08. The summed E-state index contributed by atoms with van der Waals surface area (Å²) in [5.41, 5.74) is 2.65. The van der Waals surface area contributed by atoms with E-state index in [9.17, 15) is 14.4 Å². The molecule has 4 rings (SSSR count). The number of methoxy groups -OCH3 is 2. The molecule has 0 unspecified atom stereocenters. The van der Waals surface area contributed by atoms with Crippen molar-refractivity contribution >= 4 is 63.5 Å². The summed E-state index contributed by atoms with van der Waals surface area (Å²) in [5, 5.41) is 17.4. The second-order valence-corrected chi connectivity index (χ2v) is 9.45. The van der Waals surface area contributed by atoms with Crippen LogP contribution in [0.25, 0.3) is 6.08 Å². The van der Waals surface area contributed by atoms with Crippen LogP contribution in [0, 0.1) is 3.57 Å². The quantitative estimate of drug-likeness (QED) is 0.253. The number of rotatable bonds is 9. The van der Waals surface area contributed by atoms with Gasteiger partial charge in [-0.3, -0.25) is 9.59 Å². The molecule has 0 fully saturated rings. The minimum atomic E-state index is -1.05. The van der Waals surface area contributed by atoms with Gasteiger partial charge in [0.1, 0.15) is 5.75 Å². The van der Waals surface area contributed by atoms with Gasteiger partial charge < -0.3 is 24.6 Å². The summed E-state index contributed by atoms with van der Waals surface area (Å²) in [6, 6.07) is 16.5. The van der Waals surface area contributed by atoms with Crippen LogP contribution in [0.15, 0.2) is 71.3 Å². The molecule has 0 atom stereocenters. The summed E-state index contributed by atoms with van der Waals surface area (Å²) in [4.78, 5) is 36.8. The standard InChI is InChI=1S/C28H24IN3O7/c1-16-20(27(34)32(31-16)19-10-8-18(9-11-19)28(35)36)12-17-13-21(29)26(24(14-17)38-3)39-15-25(33)30-22-6-4-5-7-23(22)37-2/h4-14H,15H2,1-3H3,(H,30,33)(H,35,36)/b20-12-. The average Bonchev–Trinajstić information content (AvgIpc) is 3.20. The molecule has 11 heteroatoms. The third kappa shape index (κ3) is 6.20. The second-order valence-electron chi connectivity index (χ2n) is 8.28. The highest BCUT2D eigenvalue weighted by atomic mass is 127. The number of hydrogen-bond donors (Lipinski definition) is 2. The maximum atomic E-state index is 13.1. The molecule has 0 aromatic heterocycles. The molecule has 10 nitrogen and oxygen atoms in total. The summed E-state index contributed by atoms with van der Waals surface area (Å²) in [7, 11) is 3.01. The number of hydrazone groups is 1. The van der Waals surface area contributed by atoms with Gasteiger partial charge in [-0.05, 0) is 89.7 Å². The number of amides is 2. The molecule has 39 heavy (non-hydrogen) atoms. The Morgan fingerprint density at radius 3 is 2.41 bits per heavy atom. The zero-order valence-corrected chi connectivity index (χ0v) is 23.4. The summed E-state index contributed by atoms with van der Waals surface area (Å²) < 4.78 is 17.2. The zero-order valence-electron chi connectivity index (χ0n) is 21.2. The van der Waals surface area contributed by atoms with Crippen molar-refractivity contribution in [2.75, 3.05) is 31.2 Å². The predicted octanol–water partition coefficient (Wildman–Crippen LogP) is 4.83. The number of para-hydroxylation sites is 2. The SMILES string of the molecule is COc1ccccc1NC(=O)COc1c(I)cc(/C=C2\C(=O)N(c3ccc(C(=O)O)cc3)N=C2C)cc1OC. The zero-order chi connectivity index (χ0) is 28.1. The van der Waals surface area contributed by atoms with Crippen LogP contribution in [0.1, 0.15) is 22.8 Å². The van der Waals surface area contributed by atoms with Crippen molar-refractivity contribution < 1.29 is 33.7 Å². The number of nitrogens with one attached hydrogen (secondary N) is 1. The highest BCUT2D eigenvalue weighted by Crippen LogP contribution is 2.35. The molecule has 3 aromatic rings. The van der Waals surface area contributed by atoms with Gasteiger partial charge in [-0.2, -0.15) is 10.1 Å². The van der Waals surface area contributed by atoms with Crippen molar-refractivity contribution in [3.05, 3.63) is 80.9 Å². The lowest BCUT2D eigenvalue weighted by molar-refractivity contribution is -0.118. The maximum absolute atomic E-state index is 13.1. The fraction of sp³-hybridized carbons (Fsp3) is 0.143. The molecule has 1 heterocycles. The van der Waals surface area contributed by atoms with Crippen LogP contribution in [0.5, 0.6) is 17.2 Å². The molecule has 0 saturated carbocycles. The lowest BCUT2D eigenvalue weighted by Gasteiger charge is -2.15. The van der Waals surface area contributed by atoms with Crippen LogP contribution in [0.3, 0.4) is 0 Å². The minimum Gasteiger partial charge on any atom is -0.495 e. The van der Waals surface area contributed by atoms with Gasteiger partial charge in [0.2, 0.25) is 0 Å². The van der Waals surface area contributed by atoms with Crippen LogP contribution in [0.4, 0.5) is 11.4 Å². The molecule has 0 spiro atoms. The lowest BCUT2D eigenvalue weighted by atomic mass is 10.1. The number of carboxylic acid groups (broad SMARTS) is 1. The van der Waals surface area contributed by atoms with Crippen molar-refractivity contribution in [2.45, 2.75) is 6.92 Å². The van der Waals surface area contributed by atoms with Gasteiger partial charge in [0.05, 0.1) is 46.0 Å². The summed E-state index contributed by atoms with van der Waals surface area (Å²) in [5.74, 6) is -0.464. The highest BCUT2D eigenvalue weighted by Gasteiger charge is 2.29. The number of aromatic carboxylic acids is 1. The number of ether oxygens (including phenoxy) is 3. The van der Waals surface area contributed by atoms with E-state index in [4.69, 9.17) is 19.3 Å². The number of carbonyl (C=O) groups is 3. The molecule has 1 aliphatic rings. The van der Waals surface area contributed by atoms with E-state index in [-0.39, 0.29) is 24.0 Å². The first-order chi connectivity index (χ1) is 18.7. The van der Waals surface area contributed by atoms with E-state index < -0.39 is 5.97 Å². The fourth-order valence-electron chi connectivity index (χ4n) is 3.81. The van der Waals surface area contributed by atoms with E-state index in [1.54, 1.807) is 49.4 Å². The first kappa shape index (κ1) is 27.6. The number of anilines is 2. The topological polar surface area (TPSA) is 127 Å². The second kappa shape index (κ2) is 12.0. The number of halogens is 1. The van der Waals surface area contributed by atoms with E-state index in [0.717, 1.165) is 0 Å². The van der Waals surface area contributed by atoms with E-state index >= 15 is 0 Å². The van der Waals surface area contributed by atoms with Crippen LogP contribution in [-0.2, 0) is 9.59 Å². The Labute approximate surface area is 238 Å². The normalized spacial score (nSPS) is 13.7. The summed E-state index contributed by atoms with van der Waals surface area (Å²) in [6.45, 7) is 1.46. The molecule has 2 N–H and O–H groups in total. The van der Waals surface area contributed by atoms with Crippen molar-refractivity contribution in [3.63, 3.8) is 0 Å². The van der Waals surface area contributed by atoms with Crippen molar-refractivity contribution in [1.29, 1.82) is 0 Å². The number of hydrogen-bond acceptors (Lipinski definition) is 7. The Morgan fingerprint density at radius 1 is 1.05 bits per heavy atom. The minimum absolute atomic E-state index is 0.114. The van der Waals surface area contributed by atoms with E-state index in [1.807, 2.05) is 0 Å². The van der Waals surface area contributed by atoms with Gasteiger partial charge in [0, 0.05) is 0 Å². The van der Waals surface area contributed by atoms with E-state index in [2.05, 4.69) is 33.0 Å². The first-order valence-corrected chi connectivity index (χ1v) is 12.7. The molecule has 2 amide bonds. The number of carboxylic acids is 1. The largest absolute Gasteiger partial charge is 0.495 e. The van der Waals surface area contributed by atoms with Crippen LogP contribution < -0.4 is 24.5 Å². The molecular weight excluding hydrogens is 617 g/mol. The predicted molar refractivity (Wildman–Crippen MR) is 155 cm³/mol. The van der Waals surface area contributed by atoms with E-state index in [0.29, 0.717) is 49.0 Å². The van der Waals surface area contributed by atoms with Crippen molar-refractivity contribution in [3.8, 4) is 17.2 Å². The van der Waals surface area contributed by atoms with Crippen LogP contribution in [-0.4, -0.2) is 49.4 Å². The molecule has 200 valence electrons. The maximum Gasteiger partial charge on any atom is 0.335 e. The Morgan fingerprint density at radius 2 is 1.74 bits per heavy atom. The number of benzene rings is 3. The fourth-order valence-corrected chi connectivity index (χ4v) is 4.59. The Kier molecular flexibility index (Phi) is 8.49. The molecular formula is C28H24IN3O7. The third-order valence-electron chi connectivity index (χ3n) is 5.71. The molecule has 3 aromatic carbocycles. The van der Waals surface area contributed by atoms with Gasteiger partial charge in [0.25, 0.3) is 11.8 Å². The van der Waals surface area contributed by atoms with Gasteiger partial charge in [-0.25, -0.2) is 4.79 Å². The van der Waals surface area contributed by atoms with Crippen LogP contribution in [0.2, 0.25) is 0 Å². The smallest absolute Gasteiger partial charge is 0.335 e. The van der Waals surface area contributed by atoms with Crippen molar-refractivity contribution in [1.82, 2.24) is 0 Å². The summed E-state index contributed by atoms with van der Waals surface area (Å²) in [6.07, 6.45) is 1.69. The third-order valence-corrected chi connectivity index (χ3v) is 6.51. The van der Waals surface area contributed by atoms with Gasteiger partial charge >= 0.3 is 5.97 Å². The Bertz CT molecular complexity index is 1500. The first-order valence-electron chi connectivity index (χ1n) is 11.6. The average molecular weight is 641 g/mol. The lowest BCUT2D eigenvalue weighted by Crippen LogP contribution is -2.21. The molecule has 0 bridgehead atoms. The molecule has 1 aliphatic heterocycles. The number of nitrogens with zero attached hydrogens (tertiary/aromatic N) is 2. The Balaban J connectivity index is 1.50. The van der Waals surface area contributed by atoms with Gasteiger partial charge in [-0.1, -0.05) is 12.1 Å². The van der Waals surface area contributed by atoms with Crippen molar-refractivity contribution in [2.24, 2.45) is 5.10 Å². The highest BCUT2D eigenvalue weighted by molar-refractivity contribution is 14.1. The Hall–Kier alpha value is -4.39. The molecule has 0 radical (unpaired) electrons. The van der Waals surface area contributed by atoms with E-state index in [1.165, 1.54) is 43.5 Å². The van der Waals surface area contributed by atoms with Gasteiger partial charge in [-0.15, -0.1) is 0 Å². The molecule has 0 aliphatic carbocycles. The van der Waals surface area contributed by atoms with Crippen LogP contribution >= 0.6 is 22.6 Å². The monoisotopic (exact) mass is 641 g/mol. The number of carbonyl (C=O) groups excluding carboxylic acids is 2.